The van der Waals surface area contributed by atoms with Crippen LogP contribution in [0.2, 0.25) is 0 Å². The fourth-order valence-electron chi connectivity index (χ4n) is 2.16. The summed E-state index contributed by atoms with van der Waals surface area (Å²) in [5, 5.41) is 0. The molecule has 1 heterocycles. The van der Waals surface area contributed by atoms with Gasteiger partial charge in [0.2, 0.25) is 0 Å². The fraction of sp³-hybridized carbons (Fsp3) is 0.176. The van der Waals surface area contributed by atoms with Crippen LogP contribution in [-0.2, 0) is 6.54 Å². The van der Waals surface area contributed by atoms with Gasteiger partial charge in [0.25, 0.3) is 11.5 Å². The van der Waals surface area contributed by atoms with E-state index >= 15 is 0 Å². The normalized spacial score (nSPS) is 10.0. The third kappa shape index (κ3) is 3.07. The van der Waals surface area contributed by atoms with Crippen LogP contribution in [0, 0.1) is 18.2 Å². The Morgan fingerprint density at radius 3 is 2.55 bits per heavy atom. The Bertz CT molecular complexity index is 772. The zero-order valence-corrected chi connectivity index (χ0v) is 12.1. The lowest BCUT2D eigenvalue weighted by Crippen LogP contribution is -2.35. The van der Waals surface area contributed by atoms with Gasteiger partial charge in [0.15, 0.2) is 0 Å². The highest BCUT2D eigenvalue weighted by Gasteiger charge is 2.19. The van der Waals surface area contributed by atoms with Crippen molar-refractivity contribution in [2.75, 3.05) is 11.4 Å². The Hall–Kier alpha value is -2.87. The quantitative estimate of drug-likeness (QED) is 0.813. The Labute approximate surface area is 127 Å². The van der Waals surface area contributed by atoms with E-state index in [1.165, 1.54) is 45.9 Å². The number of benzene rings is 1. The number of hydrogen-bond acceptors (Lipinski definition) is 2. The third-order valence-electron chi connectivity index (χ3n) is 3.22. The second kappa shape index (κ2) is 6.72. The number of amides is 1. The maximum absolute atomic E-state index is 13.0. The van der Waals surface area contributed by atoms with Crippen molar-refractivity contribution in [3.05, 3.63) is 64.3 Å². The van der Waals surface area contributed by atoms with Gasteiger partial charge < -0.3 is 4.90 Å². The second-order valence-electron chi connectivity index (χ2n) is 4.57. The van der Waals surface area contributed by atoms with Gasteiger partial charge in [-0.2, -0.15) is 0 Å². The van der Waals surface area contributed by atoms with E-state index in [1.54, 1.807) is 13.0 Å². The van der Waals surface area contributed by atoms with Crippen molar-refractivity contribution in [2.24, 2.45) is 0 Å². The van der Waals surface area contributed by atoms with E-state index in [0.717, 1.165) is 0 Å². The summed E-state index contributed by atoms with van der Waals surface area (Å²) in [5.41, 5.74) is 0.424. The molecule has 0 fully saturated rings. The van der Waals surface area contributed by atoms with E-state index in [1.807, 2.05) is 0 Å². The maximum Gasteiger partial charge on any atom is 0.275 e. The number of pyridine rings is 1. The van der Waals surface area contributed by atoms with E-state index in [-0.39, 0.29) is 29.5 Å². The Balaban J connectivity index is 2.46. The molecule has 0 radical (unpaired) electrons. The first kappa shape index (κ1) is 15.5. The molecule has 0 unspecified atom stereocenters. The lowest BCUT2D eigenvalue weighted by Gasteiger charge is -2.22. The lowest BCUT2D eigenvalue weighted by atomic mass is 10.2. The molecule has 1 amide bonds. The van der Waals surface area contributed by atoms with Crippen LogP contribution in [0.5, 0.6) is 0 Å². The summed E-state index contributed by atoms with van der Waals surface area (Å²) < 4.78 is 14.3. The highest BCUT2D eigenvalue weighted by molar-refractivity contribution is 6.04. The number of halogens is 1. The minimum absolute atomic E-state index is 0.0156. The molecular formula is C17H15FN2O2. The van der Waals surface area contributed by atoms with Gasteiger partial charge in [-0.15, -0.1) is 6.42 Å². The third-order valence-corrected chi connectivity index (χ3v) is 3.22. The van der Waals surface area contributed by atoms with E-state index in [0.29, 0.717) is 12.2 Å². The zero-order valence-electron chi connectivity index (χ0n) is 12.1. The van der Waals surface area contributed by atoms with Crippen LogP contribution in [0.15, 0.2) is 47.3 Å². The highest BCUT2D eigenvalue weighted by atomic mass is 19.1. The molecular weight excluding hydrogens is 283 g/mol. The number of terminal acetylenes is 1. The SMILES string of the molecule is C#CCn1c(C(=O)N(CC)c2ccc(F)cc2)cccc1=O. The number of aromatic nitrogens is 1. The van der Waals surface area contributed by atoms with Crippen molar-refractivity contribution in [1.29, 1.82) is 0 Å². The van der Waals surface area contributed by atoms with Gasteiger partial charge in [-0.25, -0.2) is 4.39 Å². The van der Waals surface area contributed by atoms with Crippen molar-refractivity contribution in [2.45, 2.75) is 13.5 Å². The van der Waals surface area contributed by atoms with Crippen molar-refractivity contribution < 1.29 is 9.18 Å². The smallest absolute Gasteiger partial charge is 0.275 e. The molecule has 0 saturated carbocycles. The topological polar surface area (TPSA) is 42.3 Å². The molecule has 0 atom stereocenters. The molecule has 1 aromatic carbocycles. The molecule has 4 nitrogen and oxygen atoms in total. The van der Waals surface area contributed by atoms with Gasteiger partial charge in [0.1, 0.15) is 11.5 Å². The van der Waals surface area contributed by atoms with Crippen molar-refractivity contribution in [3.8, 4) is 12.3 Å². The summed E-state index contributed by atoms with van der Waals surface area (Å²) in [6.07, 6.45) is 5.26. The number of anilines is 1. The zero-order chi connectivity index (χ0) is 16.1. The Kier molecular flexibility index (Phi) is 4.74. The maximum atomic E-state index is 13.0. The second-order valence-corrected chi connectivity index (χ2v) is 4.57. The predicted octanol–water partition coefficient (Wildman–Crippen LogP) is 2.29. The van der Waals surface area contributed by atoms with Gasteiger partial charge in [-0.3, -0.25) is 14.2 Å². The number of carbonyl (C=O) groups is 1. The Morgan fingerprint density at radius 2 is 1.95 bits per heavy atom. The molecule has 0 aliphatic rings. The van der Waals surface area contributed by atoms with Gasteiger partial charge in [-0.05, 0) is 37.3 Å². The molecule has 2 aromatic rings. The van der Waals surface area contributed by atoms with Crippen LogP contribution in [0.25, 0.3) is 0 Å². The first-order chi connectivity index (χ1) is 10.6. The fourth-order valence-corrected chi connectivity index (χ4v) is 2.16. The summed E-state index contributed by atoms with van der Waals surface area (Å²) in [4.78, 5) is 26.0. The van der Waals surface area contributed by atoms with Gasteiger partial charge >= 0.3 is 0 Å². The largest absolute Gasteiger partial charge is 0.307 e. The molecule has 0 aliphatic carbocycles. The van der Waals surface area contributed by atoms with E-state index in [9.17, 15) is 14.0 Å². The summed E-state index contributed by atoms with van der Waals surface area (Å²) in [7, 11) is 0. The minimum Gasteiger partial charge on any atom is -0.307 e. The number of nitrogens with zero attached hydrogens (tertiary/aromatic N) is 2. The van der Waals surface area contributed by atoms with Crippen molar-refractivity contribution in [1.82, 2.24) is 4.57 Å². The summed E-state index contributed by atoms with van der Waals surface area (Å²) in [6, 6.07) is 10.0. The molecule has 112 valence electrons. The van der Waals surface area contributed by atoms with E-state index < -0.39 is 0 Å². The monoisotopic (exact) mass is 298 g/mol. The van der Waals surface area contributed by atoms with Gasteiger partial charge in [-0.1, -0.05) is 12.0 Å². The molecule has 0 bridgehead atoms. The van der Waals surface area contributed by atoms with Crippen LogP contribution in [0.1, 0.15) is 17.4 Å². The predicted molar refractivity (Wildman–Crippen MR) is 83.3 cm³/mol. The summed E-state index contributed by atoms with van der Waals surface area (Å²) >= 11 is 0. The molecule has 1 aromatic heterocycles. The molecule has 2 rings (SSSR count). The minimum atomic E-state index is -0.379. The number of rotatable bonds is 4. The molecule has 22 heavy (non-hydrogen) atoms. The summed E-state index contributed by atoms with van der Waals surface area (Å²) in [5.74, 6) is 1.63. The first-order valence-electron chi connectivity index (χ1n) is 6.79. The summed E-state index contributed by atoms with van der Waals surface area (Å²) in [6.45, 7) is 2.19. The molecule has 5 heteroatoms. The Morgan fingerprint density at radius 1 is 1.27 bits per heavy atom. The molecule has 0 N–H and O–H groups in total. The molecule has 0 spiro atoms. The first-order valence-corrected chi connectivity index (χ1v) is 6.79. The lowest BCUT2D eigenvalue weighted by molar-refractivity contribution is 0.0978. The van der Waals surface area contributed by atoms with E-state index in [2.05, 4.69) is 5.92 Å². The number of hydrogen-bond donors (Lipinski definition) is 0. The van der Waals surface area contributed by atoms with Crippen molar-refractivity contribution in [3.63, 3.8) is 0 Å². The number of carbonyl (C=O) groups excluding carboxylic acids is 1. The highest BCUT2D eigenvalue weighted by Crippen LogP contribution is 2.17. The average Bonchev–Trinajstić information content (AvgIpc) is 2.52. The standard InChI is InChI=1S/C17H15FN2O2/c1-3-12-20-15(6-5-7-16(20)21)17(22)19(4-2)14-10-8-13(18)9-11-14/h1,5-11H,4,12H2,2H3. The van der Waals surface area contributed by atoms with E-state index in [4.69, 9.17) is 6.42 Å². The van der Waals surface area contributed by atoms with Gasteiger partial charge in [0.05, 0.1) is 6.54 Å². The molecule has 0 saturated heterocycles. The van der Waals surface area contributed by atoms with Crippen LogP contribution in [0.3, 0.4) is 0 Å². The van der Waals surface area contributed by atoms with Crippen LogP contribution in [-0.4, -0.2) is 17.0 Å². The van der Waals surface area contributed by atoms with Crippen LogP contribution >= 0.6 is 0 Å². The van der Waals surface area contributed by atoms with Crippen LogP contribution < -0.4 is 10.5 Å². The molecule has 0 aliphatic heterocycles. The van der Waals surface area contributed by atoms with Crippen molar-refractivity contribution >= 4 is 11.6 Å². The average molecular weight is 298 g/mol. The van der Waals surface area contributed by atoms with Gasteiger partial charge in [0, 0.05) is 18.3 Å². The van der Waals surface area contributed by atoms with Crippen LogP contribution in [0.4, 0.5) is 10.1 Å².